The fourth-order valence-corrected chi connectivity index (χ4v) is 3.44. The topological polar surface area (TPSA) is 39.1 Å². The summed E-state index contributed by atoms with van der Waals surface area (Å²) in [5.74, 6) is 0.531. The van der Waals surface area contributed by atoms with Gasteiger partial charge in [-0.1, -0.05) is 33.1 Å². The highest BCUT2D eigenvalue weighted by Crippen LogP contribution is 2.37. The Labute approximate surface area is 125 Å². The van der Waals surface area contributed by atoms with Crippen LogP contribution in [0.5, 0.6) is 0 Å². The van der Waals surface area contributed by atoms with Crippen LogP contribution in [0.1, 0.15) is 65.2 Å². The van der Waals surface area contributed by atoms with E-state index in [4.69, 9.17) is 0 Å². The smallest absolute Gasteiger partial charge is 0.109 e. The maximum atomic E-state index is 9.51. The molecule has 0 aromatic rings. The van der Waals surface area contributed by atoms with Crippen molar-refractivity contribution in [3.05, 3.63) is 0 Å². The Morgan fingerprint density at radius 1 is 1.20 bits per heavy atom. The molecule has 2 unspecified atom stereocenters. The molecule has 3 heteroatoms. The second-order valence-corrected chi connectivity index (χ2v) is 6.26. The first-order chi connectivity index (χ1) is 9.72. The van der Waals surface area contributed by atoms with E-state index in [9.17, 15) is 5.26 Å². The fraction of sp³-hybridized carbons (Fsp3) is 0.941. The monoisotopic (exact) mass is 279 g/mol. The van der Waals surface area contributed by atoms with E-state index in [1.54, 1.807) is 0 Å². The van der Waals surface area contributed by atoms with Gasteiger partial charge in [0.05, 0.1) is 6.07 Å². The van der Waals surface area contributed by atoms with Gasteiger partial charge in [-0.25, -0.2) is 0 Å². The summed E-state index contributed by atoms with van der Waals surface area (Å²) >= 11 is 0. The van der Waals surface area contributed by atoms with E-state index in [2.05, 4.69) is 30.1 Å². The maximum absolute atomic E-state index is 9.51. The molecule has 1 saturated carbocycles. The summed E-state index contributed by atoms with van der Waals surface area (Å²) in [6.45, 7) is 8.13. The summed E-state index contributed by atoms with van der Waals surface area (Å²) in [6, 6.07) is 2.56. The van der Waals surface area contributed by atoms with E-state index in [-0.39, 0.29) is 5.54 Å². The van der Waals surface area contributed by atoms with Crippen LogP contribution in [0.2, 0.25) is 0 Å². The molecule has 0 aromatic heterocycles. The molecule has 1 fully saturated rings. The van der Waals surface area contributed by atoms with Crippen LogP contribution in [-0.4, -0.2) is 37.1 Å². The third kappa shape index (κ3) is 4.75. The second kappa shape index (κ2) is 9.37. The number of rotatable bonds is 10. The Morgan fingerprint density at radius 2 is 1.85 bits per heavy atom. The lowest BCUT2D eigenvalue weighted by Crippen LogP contribution is -2.45. The van der Waals surface area contributed by atoms with E-state index in [1.165, 1.54) is 58.0 Å². The van der Waals surface area contributed by atoms with E-state index >= 15 is 0 Å². The molecular weight excluding hydrogens is 246 g/mol. The van der Waals surface area contributed by atoms with Crippen molar-refractivity contribution < 1.29 is 0 Å². The number of unbranched alkanes of at least 4 members (excludes halogenated alkanes) is 2. The maximum Gasteiger partial charge on any atom is 0.109 e. The van der Waals surface area contributed by atoms with Gasteiger partial charge in [0, 0.05) is 0 Å². The summed E-state index contributed by atoms with van der Waals surface area (Å²) in [7, 11) is 1.95. The quantitative estimate of drug-likeness (QED) is 0.664. The van der Waals surface area contributed by atoms with Crippen molar-refractivity contribution in [1.82, 2.24) is 10.2 Å². The van der Waals surface area contributed by atoms with Crippen molar-refractivity contribution >= 4 is 0 Å². The Hall–Kier alpha value is -0.590. The number of nitrogens with one attached hydrogen (secondary N) is 1. The normalized spacial score (nSPS) is 26.1. The van der Waals surface area contributed by atoms with Crippen molar-refractivity contribution in [2.24, 2.45) is 5.92 Å². The molecule has 1 rings (SSSR count). The molecule has 1 aliphatic carbocycles. The Balaban J connectivity index is 2.46. The summed E-state index contributed by atoms with van der Waals surface area (Å²) in [5.41, 5.74) is -0.249. The van der Waals surface area contributed by atoms with Crippen LogP contribution < -0.4 is 5.32 Å². The van der Waals surface area contributed by atoms with Crippen molar-refractivity contribution in [3.8, 4) is 6.07 Å². The minimum Gasteiger partial charge on any atom is -0.303 e. The van der Waals surface area contributed by atoms with Gasteiger partial charge >= 0.3 is 0 Å². The number of hydrogen-bond acceptors (Lipinski definition) is 3. The molecule has 0 aromatic carbocycles. The lowest BCUT2D eigenvalue weighted by atomic mass is 9.86. The Morgan fingerprint density at radius 3 is 2.35 bits per heavy atom. The van der Waals surface area contributed by atoms with Crippen LogP contribution in [0.15, 0.2) is 0 Å². The van der Waals surface area contributed by atoms with Crippen molar-refractivity contribution in [2.75, 3.05) is 26.7 Å². The fourth-order valence-electron chi connectivity index (χ4n) is 3.44. The average molecular weight is 279 g/mol. The first-order valence-corrected chi connectivity index (χ1v) is 8.55. The van der Waals surface area contributed by atoms with Crippen LogP contribution in [0, 0.1) is 17.2 Å². The summed E-state index contributed by atoms with van der Waals surface area (Å²) in [6.07, 6.45) is 9.73. The highest BCUT2D eigenvalue weighted by atomic mass is 15.1. The molecule has 0 radical (unpaired) electrons. The van der Waals surface area contributed by atoms with Gasteiger partial charge in [0.15, 0.2) is 0 Å². The van der Waals surface area contributed by atoms with Crippen LogP contribution in [0.4, 0.5) is 0 Å². The molecule has 3 nitrogen and oxygen atoms in total. The summed E-state index contributed by atoms with van der Waals surface area (Å²) in [5, 5.41) is 12.8. The predicted molar refractivity (Wildman–Crippen MR) is 85.6 cm³/mol. The highest BCUT2D eigenvalue weighted by Gasteiger charge is 2.41. The zero-order valence-electron chi connectivity index (χ0n) is 13.7. The van der Waals surface area contributed by atoms with Gasteiger partial charge in [-0.15, -0.1) is 0 Å². The highest BCUT2D eigenvalue weighted by molar-refractivity contribution is 5.13. The number of hydrogen-bond donors (Lipinski definition) is 1. The molecule has 0 spiro atoms. The van der Waals surface area contributed by atoms with Gasteiger partial charge in [-0.2, -0.15) is 5.26 Å². The van der Waals surface area contributed by atoms with Crippen LogP contribution in [-0.2, 0) is 0 Å². The second-order valence-electron chi connectivity index (χ2n) is 6.26. The Kier molecular flexibility index (Phi) is 8.18. The zero-order chi connectivity index (χ0) is 14.8. The van der Waals surface area contributed by atoms with Gasteiger partial charge in [0.1, 0.15) is 5.54 Å². The molecule has 1 N–H and O–H groups in total. The summed E-state index contributed by atoms with van der Waals surface area (Å²) in [4.78, 5) is 2.61. The Bertz CT molecular complexity index is 289. The van der Waals surface area contributed by atoms with Crippen molar-refractivity contribution in [1.29, 1.82) is 5.26 Å². The van der Waals surface area contributed by atoms with Gasteiger partial charge in [0.2, 0.25) is 0 Å². The lowest BCUT2D eigenvalue weighted by molar-refractivity contribution is 0.222. The van der Waals surface area contributed by atoms with Crippen molar-refractivity contribution in [2.45, 2.75) is 70.8 Å². The minimum absolute atomic E-state index is 0.249. The number of nitriles is 1. The standard InChI is InChI=1S/C17H33N3/c1-4-6-12-20(13-7-5-2)14-10-16-9-8-11-17(16,15-18)19-3/h16,19H,4-14H2,1-3H3. The van der Waals surface area contributed by atoms with Gasteiger partial charge in [0.25, 0.3) is 0 Å². The largest absolute Gasteiger partial charge is 0.303 e. The molecule has 2 atom stereocenters. The molecule has 20 heavy (non-hydrogen) atoms. The molecule has 116 valence electrons. The van der Waals surface area contributed by atoms with Crippen molar-refractivity contribution in [3.63, 3.8) is 0 Å². The molecule has 1 aliphatic rings. The third-order valence-electron chi connectivity index (χ3n) is 4.92. The molecule has 0 bridgehead atoms. The van der Waals surface area contributed by atoms with Gasteiger partial charge in [-0.3, -0.25) is 0 Å². The van der Waals surface area contributed by atoms with E-state index in [1.807, 2.05) is 7.05 Å². The van der Waals surface area contributed by atoms with Crippen LogP contribution in [0.25, 0.3) is 0 Å². The lowest BCUT2D eigenvalue weighted by Gasteiger charge is -2.30. The first-order valence-electron chi connectivity index (χ1n) is 8.55. The van der Waals surface area contributed by atoms with Gasteiger partial charge < -0.3 is 10.2 Å². The first kappa shape index (κ1) is 17.5. The molecule has 0 aliphatic heterocycles. The van der Waals surface area contributed by atoms with E-state index in [0.717, 1.165) is 13.0 Å². The van der Waals surface area contributed by atoms with E-state index in [0.29, 0.717) is 5.92 Å². The molecule has 0 saturated heterocycles. The third-order valence-corrected chi connectivity index (χ3v) is 4.92. The van der Waals surface area contributed by atoms with Crippen LogP contribution in [0.3, 0.4) is 0 Å². The SMILES string of the molecule is CCCCN(CCCC)CCC1CCCC1(C#N)NC. The molecule has 0 heterocycles. The van der Waals surface area contributed by atoms with E-state index < -0.39 is 0 Å². The zero-order valence-corrected chi connectivity index (χ0v) is 13.7. The minimum atomic E-state index is -0.249. The predicted octanol–water partition coefficient (Wildman–Crippen LogP) is 3.56. The average Bonchev–Trinajstić information content (AvgIpc) is 2.90. The van der Waals surface area contributed by atoms with Crippen LogP contribution >= 0.6 is 0 Å². The molecule has 0 amide bonds. The molecular formula is C17H33N3. The van der Waals surface area contributed by atoms with Gasteiger partial charge in [-0.05, 0) is 64.7 Å². The number of nitrogens with zero attached hydrogens (tertiary/aromatic N) is 2. The summed E-state index contributed by atoms with van der Waals surface area (Å²) < 4.78 is 0.